The molecular formula is C12H22N2O4S. The van der Waals surface area contributed by atoms with E-state index in [-0.39, 0.29) is 0 Å². The van der Waals surface area contributed by atoms with Crippen LogP contribution in [0.4, 0.5) is 4.79 Å². The number of nitrogens with zero attached hydrogens (tertiary/aromatic N) is 1. The van der Waals surface area contributed by atoms with Crippen LogP contribution < -0.4 is 5.32 Å². The molecule has 0 radical (unpaired) electrons. The second-order valence-electron chi connectivity index (χ2n) is 3.85. The van der Waals surface area contributed by atoms with E-state index < -0.39 is 18.0 Å². The fourth-order valence-electron chi connectivity index (χ4n) is 1.37. The smallest absolute Gasteiger partial charge is 0.326 e. The van der Waals surface area contributed by atoms with Crippen LogP contribution in [0.1, 0.15) is 6.42 Å². The fraction of sp³-hybridized carbons (Fsp3) is 0.667. The van der Waals surface area contributed by atoms with Crippen LogP contribution in [0.5, 0.6) is 0 Å². The Balaban J connectivity index is 4.46. The molecule has 110 valence electrons. The first-order chi connectivity index (χ1) is 9.06. The predicted molar refractivity (Wildman–Crippen MR) is 76.6 cm³/mol. The lowest BCUT2D eigenvalue weighted by Crippen LogP contribution is -2.49. The number of carbonyl (C=O) groups excluding carboxylic acids is 1. The number of aliphatic carboxylic acids is 1. The van der Waals surface area contributed by atoms with Gasteiger partial charge in [-0.15, -0.1) is 6.58 Å². The second kappa shape index (κ2) is 10.7. The van der Waals surface area contributed by atoms with Gasteiger partial charge in [0, 0.05) is 20.2 Å². The molecule has 2 amide bonds. The van der Waals surface area contributed by atoms with Crippen molar-refractivity contribution in [3.8, 4) is 0 Å². The minimum atomic E-state index is -1.02. The van der Waals surface area contributed by atoms with E-state index >= 15 is 0 Å². The van der Waals surface area contributed by atoms with Crippen molar-refractivity contribution in [3.63, 3.8) is 0 Å². The molecule has 0 aromatic rings. The number of carboxylic acid groups (broad SMARTS) is 1. The Kier molecular flexibility index (Phi) is 10.0. The zero-order valence-electron chi connectivity index (χ0n) is 11.4. The van der Waals surface area contributed by atoms with E-state index in [2.05, 4.69) is 11.9 Å². The van der Waals surface area contributed by atoms with Gasteiger partial charge >= 0.3 is 12.0 Å². The molecule has 0 aliphatic heterocycles. The number of hydrogen-bond donors (Lipinski definition) is 2. The van der Waals surface area contributed by atoms with Gasteiger partial charge < -0.3 is 20.1 Å². The highest BCUT2D eigenvalue weighted by Gasteiger charge is 2.22. The average Bonchev–Trinajstić information content (AvgIpc) is 2.38. The monoisotopic (exact) mass is 290 g/mol. The number of carboxylic acids is 1. The first kappa shape index (κ1) is 17.8. The summed E-state index contributed by atoms with van der Waals surface area (Å²) in [7, 11) is 1.54. The molecular weight excluding hydrogens is 268 g/mol. The topological polar surface area (TPSA) is 78.9 Å². The minimum absolute atomic E-state index is 0.351. The molecule has 19 heavy (non-hydrogen) atoms. The van der Waals surface area contributed by atoms with E-state index in [0.29, 0.717) is 31.9 Å². The third kappa shape index (κ3) is 7.74. The first-order valence-corrected chi connectivity index (χ1v) is 7.33. The number of hydrogen-bond acceptors (Lipinski definition) is 4. The molecule has 0 heterocycles. The molecule has 0 aliphatic rings. The number of thioether (sulfide) groups is 1. The highest BCUT2D eigenvalue weighted by Crippen LogP contribution is 2.02. The maximum Gasteiger partial charge on any atom is 0.326 e. The van der Waals surface area contributed by atoms with Gasteiger partial charge in [-0.25, -0.2) is 9.59 Å². The number of methoxy groups -OCH3 is 1. The zero-order valence-corrected chi connectivity index (χ0v) is 12.2. The Bertz CT molecular complexity index is 299. The summed E-state index contributed by atoms with van der Waals surface area (Å²) in [5, 5.41) is 11.6. The van der Waals surface area contributed by atoms with Gasteiger partial charge in [-0.2, -0.15) is 11.8 Å². The van der Waals surface area contributed by atoms with Gasteiger partial charge in [0.2, 0.25) is 0 Å². The highest BCUT2D eigenvalue weighted by molar-refractivity contribution is 7.98. The quantitative estimate of drug-likeness (QED) is 0.588. The lowest BCUT2D eigenvalue weighted by atomic mass is 10.2. The van der Waals surface area contributed by atoms with Crippen molar-refractivity contribution in [1.82, 2.24) is 10.2 Å². The Hall–Kier alpha value is -1.21. The summed E-state index contributed by atoms with van der Waals surface area (Å²) >= 11 is 1.54. The predicted octanol–water partition coefficient (Wildman–Crippen LogP) is 1.04. The molecule has 0 unspecified atom stereocenters. The summed E-state index contributed by atoms with van der Waals surface area (Å²) in [5.74, 6) is -0.343. The molecule has 0 saturated heterocycles. The third-order valence-corrected chi connectivity index (χ3v) is 3.05. The van der Waals surface area contributed by atoms with E-state index in [1.54, 1.807) is 24.9 Å². The highest BCUT2D eigenvalue weighted by atomic mass is 32.2. The number of rotatable bonds is 10. The number of carbonyl (C=O) groups is 2. The Morgan fingerprint density at radius 1 is 1.58 bits per heavy atom. The van der Waals surface area contributed by atoms with Gasteiger partial charge in [-0.05, 0) is 18.4 Å². The summed E-state index contributed by atoms with van der Waals surface area (Å²) < 4.78 is 4.91. The van der Waals surface area contributed by atoms with Crippen LogP contribution >= 0.6 is 11.8 Å². The van der Waals surface area contributed by atoms with Crippen LogP contribution in [0.2, 0.25) is 0 Å². The van der Waals surface area contributed by atoms with Gasteiger partial charge in [0.1, 0.15) is 6.04 Å². The van der Waals surface area contributed by atoms with Crippen LogP contribution in [0.25, 0.3) is 0 Å². The van der Waals surface area contributed by atoms with Crippen LogP contribution in [-0.2, 0) is 9.53 Å². The fourth-order valence-corrected chi connectivity index (χ4v) is 1.84. The first-order valence-electron chi connectivity index (χ1n) is 5.93. The van der Waals surface area contributed by atoms with Crippen molar-refractivity contribution in [3.05, 3.63) is 12.7 Å². The second-order valence-corrected chi connectivity index (χ2v) is 4.83. The van der Waals surface area contributed by atoms with Crippen molar-refractivity contribution in [2.75, 3.05) is 38.8 Å². The maximum atomic E-state index is 12.0. The molecule has 7 heteroatoms. The molecule has 2 N–H and O–H groups in total. The van der Waals surface area contributed by atoms with E-state index in [1.165, 1.54) is 4.90 Å². The van der Waals surface area contributed by atoms with Crippen LogP contribution in [0, 0.1) is 0 Å². The van der Waals surface area contributed by atoms with E-state index in [1.807, 2.05) is 6.26 Å². The van der Waals surface area contributed by atoms with Crippen molar-refractivity contribution >= 4 is 23.8 Å². The third-order valence-electron chi connectivity index (χ3n) is 2.41. The maximum absolute atomic E-state index is 12.0. The van der Waals surface area contributed by atoms with Crippen LogP contribution in [-0.4, -0.2) is 66.9 Å². The SMILES string of the molecule is C=CCN(CCOC)C(=O)N[C@@H](CCSC)C(=O)O. The number of ether oxygens (including phenoxy) is 1. The number of urea groups is 1. The summed E-state index contributed by atoms with van der Waals surface area (Å²) in [6.45, 7) is 4.71. The van der Waals surface area contributed by atoms with Crippen molar-refractivity contribution in [2.24, 2.45) is 0 Å². The molecule has 0 spiro atoms. The summed E-state index contributed by atoms with van der Waals surface area (Å²) in [6.07, 6.45) is 3.88. The van der Waals surface area contributed by atoms with Crippen molar-refractivity contribution in [1.29, 1.82) is 0 Å². The lowest BCUT2D eigenvalue weighted by Gasteiger charge is -2.23. The molecule has 0 fully saturated rings. The van der Waals surface area contributed by atoms with Gasteiger partial charge in [-0.3, -0.25) is 0 Å². The van der Waals surface area contributed by atoms with Crippen molar-refractivity contribution in [2.45, 2.75) is 12.5 Å². The van der Waals surface area contributed by atoms with Gasteiger partial charge in [-0.1, -0.05) is 6.08 Å². The average molecular weight is 290 g/mol. The number of amides is 2. The van der Waals surface area contributed by atoms with Gasteiger partial charge in [0.15, 0.2) is 0 Å². The standard InChI is InChI=1S/C12H22N2O4S/c1-4-6-14(7-8-18-2)12(17)13-10(11(15)16)5-9-19-3/h4,10H,1,5-9H2,2-3H3,(H,13,17)(H,15,16)/t10-/m0/s1. The Morgan fingerprint density at radius 2 is 2.26 bits per heavy atom. The van der Waals surface area contributed by atoms with E-state index in [0.717, 1.165) is 0 Å². The van der Waals surface area contributed by atoms with Gasteiger partial charge in [0.25, 0.3) is 0 Å². The minimum Gasteiger partial charge on any atom is -0.480 e. The van der Waals surface area contributed by atoms with Gasteiger partial charge in [0.05, 0.1) is 6.61 Å². The molecule has 0 bridgehead atoms. The molecule has 1 atom stereocenters. The van der Waals surface area contributed by atoms with Crippen molar-refractivity contribution < 1.29 is 19.4 Å². The summed E-state index contributed by atoms with van der Waals surface area (Å²) in [4.78, 5) is 24.5. The molecule has 0 rings (SSSR count). The summed E-state index contributed by atoms with van der Waals surface area (Å²) in [6, 6.07) is -1.28. The number of nitrogens with one attached hydrogen (secondary N) is 1. The lowest BCUT2D eigenvalue weighted by molar-refractivity contribution is -0.139. The van der Waals surface area contributed by atoms with Crippen LogP contribution in [0.3, 0.4) is 0 Å². The van der Waals surface area contributed by atoms with E-state index in [4.69, 9.17) is 9.84 Å². The molecule has 0 aromatic carbocycles. The Labute approximate surface area is 118 Å². The largest absolute Gasteiger partial charge is 0.480 e. The molecule has 0 saturated carbocycles. The zero-order chi connectivity index (χ0) is 14.7. The molecule has 0 aromatic heterocycles. The summed E-state index contributed by atoms with van der Waals surface area (Å²) in [5.41, 5.74) is 0. The Morgan fingerprint density at radius 3 is 2.74 bits per heavy atom. The van der Waals surface area contributed by atoms with E-state index in [9.17, 15) is 9.59 Å². The normalized spacial score (nSPS) is 11.7. The molecule has 6 nitrogen and oxygen atoms in total. The molecule has 0 aliphatic carbocycles. The van der Waals surface area contributed by atoms with Crippen LogP contribution in [0.15, 0.2) is 12.7 Å².